The Hall–Kier alpha value is -1.38. The summed E-state index contributed by atoms with van der Waals surface area (Å²) in [6.45, 7) is 5.02. The highest BCUT2D eigenvalue weighted by atomic mass is 35.5. The zero-order valence-electron chi connectivity index (χ0n) is 13.9. The van der Waals surface area contributed by atoms with E-state index < -0.39 is 15.8 Å². The number of likely N-dealkylation sites (tertiary alicyclic amines) is 1. The van der Waals surface area contributed by atoms with Crippen molar-refractivity contribution in [2.75, 3.05) is 24.1 Å². The molecule has 0 bridgehead atoms. The van der Waals surface area contributed by atoms with Crippen molar-refractivity contribution in [2.45, 2.75) is 26.3 Å². The van der Waals surface area contributed by atoms with E-state index >= 15 is 0 Å². The van der Waals surface area contributed by atoms with Gasteiger partial charge in [0.05, 0.1) is 11.9 Å². The topological polar surface area (TPSA) is 92.5 Å². The standard InChI is InChI=1S/C15H22FN3O3S.ClH/c1-15(2)9-19(7-6-13(15)17)14(20)10-4-5-11(16)12(8-10)18-23(3,21)22;/h4-5,8,13,18H,6-7,9,17H2,1-3H3;1H. The molecule has 1 aliphatic heterocycles. The van der Waals surface area contributed by atoms with Crippen LogP contribution in [0, 0.1) is 11.2 Å². The summed E-state index contributed by atoms with van der Waals surface area (Å²) < 4.78 is 38.3. The molecule has 1 aromatic rings. The smallest absolute Gasteiger partial charge is 0.253 e. The molecule has 0 aromatic heterocycles. The molecule has 136 valence electrons. The minimum Gasteiger partial charge on any atom is -0.338 e. The van der Waals surface area contributed by atoms with Gasteiger partial charge in [0.1, 0.15) is 5.82 Å². The van der Waals surface area contributed by atoms with Crippen molar-refractivity contribution >= 4 is 34.0 Å². The second kappa shape index (κ2) is 7.25. The quantitative estimate of drug-likeness (QED) is 0.837. The van der Waals surface area contributed by atoms with Gasteiger partial charge in [0, 0.05) is 24.7 Å². The largest absolute Gasteiger partial charge is 0.338 e. The molecule has 1 atom stereocenters. The molecule has 9 heteroatoms. The van der Waals surface area contributed by atoms with Crippen LogP contribution in [-0.2, 0) is 10.0 Å². The Morgan fingerprint density at radius 2 is 2.04 bits per heavy atom. The second-order valence-corrected chi connectivity index (χ2v) is 8.43. The van der Waals surface area contributed by atoms with Crippen LogP contribution >= 0.6 is 12.4 Å². The molecule has 1 amide bonds. The number of anilines is 1. The first-order chi connectivity index (χ1) is 10.5. The fourth-order valence-corrected chi connectivity index (χ4v) is 3.22. The maximum Gasteiger partial charge on any atom is 0.253 e. The highest BCUT2D eigenvalue weighted by Crippen LogP contribution is 2.29. The molecule has 0 radical (unpaired) electrons. The summed E-state index contributed by atoms with van der Waals surface area (Å²) in [7, 11) is -3.62. The molecule has 1 aliphatic rings. The van der Waals surface area contributed by atoms with Crippen molar-refractivity contribution in [3.63, 3.8) is 0 Å². The number of rotatable bonds is 3. The van der Waals surface area contributed by atoms with Crippen LogP contribution in [0.3, 0.4) is 0 Å². The molecule has 3 N–H and O–H groups in total. The summed E-state index contributed by atoms with van der Waals surface area (Å²) in [6.07, 6.45) is 1.61. The van der Waals surface area contributed by atoms with E-state index in [0.717, 1.165) is 12.3 Å². The predicted molar refractivity (Wildman–Crippen MR) is 94.4 cm³/mol. The van der Waals surface area contributed by atoms with Gasteiger partial charge in [0.15, 0.2) is 0 Å². The number of benzene rings is 1. The number of nitrogens with two attached hydrogens (primary N) is 1. The number of hydrogen-bond donors (Lipinski definition) is 2. The minimum atomic E-state index is -3.62. The Kier molecular flexibility index (Phi) is 6.24. The second-order valence-electron chi connectivity index (χ2n) is 6.68. The average Bonchev–Trinajstić information content (AvgIpc) is 2.42. The summed E-state index contributed by atoms with van der Waals surface area (Å²) in [4.78, 5) is 14.3. The molecular weight excluding hydrogens is 357 g/mol. The Morgan fingerprint density at radius 1 is 1.42 bits per heavy atom. The van der Waals surface area contributed by atoms with Crippen LogP contribution in [0.4, 0.5) is 10.1 Å². The summed E-state index contributed by atoms with van der Waals surface area (Å²) in [5, 5.41) is 0. The van der Waals surface area contributed by atoms with Gasteiger partial charge in [-0.2, -0.15) is 0 Å². The normalized spacial score (nSPS) is 20.2. The van der Waals surface area contributed by atoms with Crippen molar-refractivity contribution in [3.8, 4) is 0 Å². The molecule has 24 heavy (non-hydrogen) atoms. The van der Waals surface area contributed by atoms with Crippen LogP contribution in [-0.4, -0.2) is 44.6 Å². The maximum atomic E-state index is 13.7. The van der Waals surface area contributed by atoms with Crippen molar-refractivity contribution in [3.05, 3.63) is 29.6 Å². The lowest BCUT2D eigenvalue weighted by atomic mass is 9.79. The van der Waals surface area contributed by atoms with E-state index in [1.54, 1.807) is 4.90 Å². The Bertz CT molecular complexity index is 725. The Balaban J connectivity index is 0.00000288. The lowest BCUT2D eigenvalue weighted by molar-refractivity contribution is 0.0533. The maximum absolute atomic E-state index is 13.7. The molecule has 1 fully saturated rings. The first-order valence-electron chi connectivity index (χ1n) is 7.32. The van der Waals surface area contributed by atoms with Crippen molar-refractivity contribution in [1.82, 2.24) is 4.90 Å². The van der Waals surface area contributed by atoms with E-state index in [1.807, 2.05) is 13.8 Å². The number of carbonyl (C=O) groups is 1. The highest BCUT2D eigenvalue weighted by molar-refractivity contribution is 7.92. The molecule has 1 saturated heterocycles. The number of piperidine rings is 1. The third kappa shape index (κ3) is 4.81. The van der Waals surface area contributed by atoms with E-state index in [4.69, 9.17) is 5.73 Å². The SMILES string of the molecule is CC1(C)CN(C(=O)c2ccc(F)c(NS(C)(=O)=O)c2)CCC1N.Cl. The van der Waals surface area contributed by atoms with Crippen molar-refractivity contribution in [1.29, 1.82) is 0 Å². The van der Waals surface area contributed by atoms with E-state index in [2.05, 4.69) is 4.72 Å². The summed E-state index contributed by atoms with van der Waals surface area (Å²) >= 11 is 0. The average molecular weight is 380 g/mol. The van der Waals surface area contributed by atoms with Gasteiger partial charge < -0.3 is 10.6 Å². The first kappa shape index (κ1) is 20.7. The van der Waals surface area contributed by atoms with Gasteiger partial charge in [-0.05, 0) is 30.0 Å². The van der Waals surface area contributed by atoms with Crippen LogP contribution in [0.15, 0.2) is 18.2 Å². The highest BCUT2D eigenvalue weighted by Gasteiger charge is 2.35. The van der Waals surface area contributed by atoms with Crippen molar-refractivity contribution < 1.29 is 17.6 Å². The monoisotopic (exact) mass is 379 g/mol. The molecule has 0 spiro atoms. The summed E-state index contributed by atoms with van der Waals surface area (Å²) in [6, 6.07) is 3.68. The fourth-order valence-electron chi connectivity index (χ4n) is 2.67. The minimum absolute atomic E-state index is 0. The van der Waals surface area contributed by atoms with E-state index in [0.29, 0.717) is 19.5 Å². The molecule has 1 heterocycles. The number of nitrogens with one attached hydrogen (secondary N) is 1. The van der Waals surface area contributed by atoms with Crippen molar-refractivity contribution in [2.24, 2.45) is 11.1 Å². The van der Waals surface area contributed by atoms with Crippen LogP contribution in [0.1, 0.15) is 30.6 Å². The third-order valence-corrected chi connectivity index (χ3v) is 4.70. The van der Waals surface area contributed by atoms with Gasteiger partial charge in [-0.3, -0.25) is 9.52 Å². The van der Waals surface area contributed by atoms with Crippen LogP contribution in [0.25, 0.3) is 0 Å². The van der Waals surface area contributed by atoms with Gasteiger partial charge >= 0.3 is 0 Å². The van der Waals surface area contributed by atoms with Gasteiger partial charge in [0.25, 0.3) is 5.91 Å². The molecule has 1 aromatic carbocycles. The Morgan fingerprint density at radius 3 is 2.58 bits per heavy atom. The number of amides is 1. The van der Waals surface area contributed by atoms with E-state index in [1.165, 1.54) is 12.1 Å². The van der Waals surface area contributed by atoms with Gasteiger partial charge in [0.2, 0.25) is 10.0 Å². The van der Waals surface area contributed by atoms with Gasteiger partial charge in [-0.25, -0.2) is 12.8 Å². The van der Waals surface area contributed by atoms with Crippen LogP contribution in [0.2, 0.25) is 0 Å². The van der Waals surface area contributed by atoms with E-state index in [-0.39, 0.29) is 41.0 Å². The number of carbonyl (C=O) groups excluding carboxylic acids is 1. The fraction of sp³-hybridized carbons (Fsp3) is 0.533. The van der Waals surface area contributed by atoms with Crippen LogP contribution in [0.5, 0.6) is 0 Å². The number of halogens is 2. The number of hydrogen-bond acceptors (Lipinski definition) is 4. The van der Waals surface area contributed by atoms with E-state index in [9.17, 15) is 17.6 Å². The molecule has 6 nitrogen and oxygen atoms in total. The Labute approximate surface area is 148 Å². The van der Waals surface area contributed by atoms with Gasteiger partial charge in [-0.15, -0.1) is 12.4 Å². The zero-order chi connectivity index (χ0) is 17.4. The molecule has 1 unspecified atom stereocenters. The number of sulfonamides is 1. The summed E-state index contributed by atoms with van der Waals surface area (Å²) in [5.74, 6) is -0.991. The summed E-state index contributed by atoms with van der Waals surface area (Å²) in [5.41, 5.74) is 5.87. The molecule has 0 aliphatic carbocycles. The first-order valence-corrected chi connectivity index (χ1v) is 9.21. The zero-order valence-corrected chi connectivity index (χ0v) is 15.5. The van der Waals surface area contributed by atoms with Crippen LogP contribution < -0.4 is 10.5 Å². The van der Waals surface area contributed by atoms with Gasteiger partial charge in [-0.1, -0.05) is 13.8 Å². The number of nitrogens with zero attached hydrogens (tertiary/aromatic N) is 1. The lowest BCUT2D eigenvalue weighted by Crippen LogP contribution is -2.54. The molecular formula is C15H23ClFN3O3S. The molecule has 0 saturated carbocycles. The molecule has 2 rings (SSSR count). The third-order valence-electron chi connectivity index (χ3n) is 4.11. The lowest BCUT2D eigenvalue weighted by Gasteiger charge is -2.42. The predicted octanol–water partition coefficient (Wildman–Crippen LogP) is 1.82.